The van der Waals surface area contributed by atoms with E-state index >= 15 is 0 Å². The number of methoxy groups -OCH3 is 1. The molecule has 2 bridgehead atoms. The van der Waals surface area contributed by atoms with E-state index in [-0.39, 0.29) is 47.6 Å². The molecule has 286 valence electrons. The lowest BCUT2D eigenvalue weighted by Crippen LogP contribution is -2.61. The number of hydrogen-bond donors (Lipinski definition) is 2. The largest absolute Gasteiger partial charge is 0.490 e. The van der Waals surface area contributed by atoms with Crippen molar-refractivity contribution in [1.82, 2.24) is 10.0 Å². The van der Waals surface area contributed by atoms with Crippen LogP contribution in [0.1, 0.15) is 91.8 Å². The van der Waals surface area contributed by atoms with Crippen LogP contribution in [-0.4, -0.2) is 66.8 Å². The van der Waals surface area contributed by atoms with E-state index < -0.39 is 33.2 Å². The van der Waals surface area contributed by atoms with Crippen LogP contribution >= 0.6 is 0 Å². The monoisotopic (exact) mass is 750 g/mol. The predicted octanol–water partition coefficient (Wildman–Crippen LogP) is 7.51. The topological polar surface area (TPSA) is 109 Å². The van der Waals surface area contributed by atoms with E-state index in [4.69, 9.17) is 9.47 Å². The predicted molar refractivity (Wildman–Crippen MR) is 201 cm³/mol. The van der Waals surface area contributed by atoms with Crippen molar-refractivity contribution < 1.29 is 32.1 Å². The first-order valence-corrected chi connectivity index (χ1v) is 21.0. The van der Waals surface area contributed by atoms with Crippen LogP contribution in [-0.2, 0) is 26.5 Å². The molecule has 0 saturated heterocycles. The fourth-order valence-electron chi connectivity index (χ4n) is 10.3. The van der Waals surface area contributed by atoms with Gasteiger partial charge in [-0.25, -0.2) is 17.8 Å². The fraction of sp³-hybridized carbons (Fsp3) is 0.610. The average molecular weight is 751 g/mol. The van der Waals surface area contributed by atoms with Crippen LogP contribution in [0, 0.1) is 30.1 Å². The van der Waals surface area contributed by atoms with Crippen LogP contribution in [0.5, 0.6) is 5.75 Å². The van der Waals surface area contributed by atoms with Crippen molar-refractivity contribution in [3.63, 3.8) is 0 Å². The number of carbonyl (C=O) groups is 2. The second kappa shape index (κ2) is 13.7. The van der Waals surface area contributed by atoms with Crippen LogP contribution in [0.15, 0.2) is 52.9 Å². The lowest BCUT2D eigenvalue weighted by atomic mass is 9.52. The highest BCUT2D eigenvalue weighted by Crippen LogP contribution is 2.62. The van der Waals surface area contributed by atoms with Crippen LogP contribution in [0.25, 0.3) is 0 Å². The highest BCUT2D eigenvalue weighted by Gasteiger charge is 2.62. The van der Waals surface area contributed by atoms with Gasteiger partial charge >= 0.3 is 6.03 Å². The molecule has 2 spiro atoms. The number of aryl methyl sites for hydroxylation is 2. The third-order valence-electron chi connectivity index (χ3n) is 12.9. The van der Waals surface area contributed by atoms with Gasteiger partial charge in [-0.3, -0.25) is 9.52 Å². The normalized spacial score (nSPS) is 33.8. The number of nitrogens with one attached hydrogen (secondary N) is 2. The van der Waals surface area contributed by atoms with E-state index in [1.807, 2.05) is 19.1 Å². The van der Waals surface area contributed by atoms with E-state index in [9.17, 15) is 22.6 Å². The van der Waals surface area contributed by atoms with Gasteiger partial charge in [0.15, 0.2) is 0 Å². The van der Waals surface area contributed by atoms with Crippen molar-refractivity contribution >= 4 is 27.5 Å². The Morgan fingerprint density at radius 3 is 2.68 bits per heavy atom. The van der Waals surface area contributed by atoms with Crippen LogP contribution < -0.4 is 19.7 Å². The maximum Gasteiger partial charge on any atom is 0.327 e. The standard InChI is InChI=1S/C41H52F2N4O5S/c1-26-9-13-33-28(16-26)7-5-15-40(33)24-47-20-30-10-12-32(30)35(51-3)8-4-6-27(2)21-53(50,45-37(48)29-11-14-36(52-25-40)34(47)17-29)46-38(49)44-31-18-39(19-31)22-41(42,43)23-39/h4,8-9,11,13-14,16-17,27,30-32,35H,5-7,10,12,15,18-25H2,1-3H3,(H2,44,45,46,48,49,50)/b8-4+/t27-,30-,32+,35-,40-,53?/m0/s1. The fourth-order valence-corrected chi connectivity index (χ4v) is 12.1. The SMILES string of the molecule is CO[C@H]1/C=C/C[C@H](C)CS(=O)(NC(=O)NC2CC3(C2)CC(F)(F)C3)=NC(=O)c2ccc3c(c2)N(C[C@@H]2CC[C@H]21)C[C@@]1(CCCc2cc(C)ccc21)CO3. The Morgan fingerprint density at radius 2 is 1.94 bits per heavy atom. The Morgan fingerprint density at radius 1 is 1.13 bits per heavy atom. The van der Waals surface area contributed by atoms with Crippen molar-refractivity contribution in [2.24, 2.45) is 27.5 Å². The van der Waals surface area contributed by atoms with E-state index in [1.165, 1.54) is 16.7 Å². The number of rotatable bonds is 3. The van der Waals surface area contributed by atoms with Crippen molar-refractivity contribution in [3.8, 4) is 5.75 Å². The zero-order chi connectivity index (χ0) is 37.2. The zero-order valence-corrected chi connectivity index (χ0v) is 31.8. The molecule has 12 heteroatoms. The Balaban J connectivity index is 1.12. The molecule has 3 fully saturated rings. The average Bonchev–Trinajstić information content (AvgIpc) is 3.20. The lowest BCUT2D eigenvalue weighted by Gasteiger charge is -2.57. The molecule has 3 saturated carbocycles. The van der Waals surface area contributed by atoms with Gasteiger partial charge in [0.1, 0.15) is 15.7 Å². The molecule has 53 heavy (non-hydrogen) atoms. The molecule has 2 aromatic rings. The van der Waals surface area contributed by atoms with Gasteiger partial charge in [-0.05, 0) is 111 Å². The second-order valence-corrected chi connectivity index (χ2v) is 19.2. The number of benzene rings is 2. The molecule has 1 unspecified atom stereocenters. The minimum atomic E-state index is -3.58. The van der Waals surface area contributed by atoms with E-state index in [1.54, 1.807) is 13.2 Å². The molecule has 3 amide bonds. The molecule has 6 atom stereocenters. The molecule has 2 N–H and O–H groups in total. The Bertz CT molecular complexity index is 1930. The molecule has 6 aliphatic rings. The van der Waals surface area contributed by atoms with Crippen LogP contribution in [0.4, 0.5) is 19.3 Å². The highest BCUT2D eigenvalue weighted by atomic mass is 32.2. The van der Waals surface area contributed by atoms with E-state index in [2.05, 4.69) is 56.6 Å². The van der Waals surface area contributed by atoms with Gasteiger partial charge in [-0.15, -0.1) is 4.36 Å². The number of hydrogen-bond acceptors (Lipinski definition) is 6. The summed E-state index contributed by atoms with van der Waals surface area (Å²) in [6.45, 7) is 6.10. The number of halogens is 2. The van der Waals surface area contributed by atoms with Gasteiger partial charge in [0.05, 0.1) is 24.2 Å². The molecule has 0 radical (unpaired) electrons. The first-order valence-electron chi connectivity index (χ1n) is 19.3. The number of allylic oxidation sites excluding steroid dienone is 1. The number of nitrogens with zero attached hydrogens (tertiary/aromatic N) is 2. The van der Waals surface area contributed by atoms with Gasteiger partial charge in [0.25, 0.3) is 5.91 Å². The zero-order valence-electron chi connectivity index (χ0n) is 31.0. The summed E-state index contributed by atoms with van der Waals surface area (Å²) in [6, 6.07) is 11.1. The Labute approximate surface area is 312 Å². The molecule has 2 aliphatic heterocycles. The van der Waals surface area contributed by atoms with Crippen molar-refractivity contribution in [2.75, 3.05) is 37.5 Å². The number of carbonyl (C=O) groups excluding carboxylic acids is 2. The third-order valence-corrected chi connectivity index (χ3v) is 14.9. The van der Waals surface area contributed by atoms with Gasteiger partial charge in [-0.2, -0.15) is 0 Å². The molecular weight excluding hydrogens is 699 g/mol. The summed E-state index contributed by atoms with van der Waals surface area (Å²) in [4.78, 5) is 29.6. The minimum absolute atomic E-state index is 0.0391. The van der Waals surface area contributed by atoms with Gasteiger partial charge in [-0.1, -0.05) is 42.8 Å². The van der Waals surface area contributed by atoms with Gasteiger partial charge in [0.2, 0.25) is 5.92 Å². The summed E-state index contributed by atoms with van der Waals surface area (Å²) < 4.78 is 61.1. The number of amides is 3. The smallest absolute Gasteiger partial charge is 0.327 e. The minimum Gasteiger partial charge on any atom is -0.490 e. The molecular formula is C41H52F2N4O5S. The first-order chi connectivity index (χ1) is 25.3. The lowest BCUT2D eigenvalue weighted by molar-refractivity contribution is -0.197. The number of urea groups is 1. The Hall–Kier alpha value is -3.51. The van der Waals surface area contributed by atoms with Gasteiger partial charge in [0, 0.05) is 50.1 Å². The Kier molecular flexibility index (Phi) is 9.40. The molecule has 2 aromatic carbocycles. The van der Waals surface area contributed by atoms with Gasteiger partial charge < -0.3 is 19.7 Å². The summed E-state index contributed by atoms with van der Waals surface area (Å²) in [5.41, 5.74) is 4.41. The molecule has 2 heterocycles. The van der Waals surface area contributed by atoms with E-state index in [0.717, 1.165) is 50.9 Å². The number of fused-ring (bicyclic) bond motifs is 4. The number of ether oxygens (including phenoxy) is 2. The van der Waals surface area contributed by atoms with Crippen molar-refractivity contribution in [1.29, 1.82) is 0 Å². The number of anilines is 1. The summed E-state index contributed by atoms with van der Waals surface area (Å²) in [6.07, 6.45) is 10.5. The molecule has 0 aromatic heterocycles. The highest BCUT2D eigenvalue weighted by molar-refractivity contribution is 7.92. The first kappa shape index (κ1) is 36.5. The quantitative estimate of drug-likeness (QED) is 0.315. The number of alkyl halides is 2. The van der Waals surface area contributed by atoms with Crippen molar-refractivity contribution in [2.45, 2.75) is 102 Å². The van der Waals surface area contributed by atoms with Crippen molar-refractivity contribution in [3.05, 3.63) is 70.8 Å². The summed E-state index contributed by atoms with van der Waals surface area (Å²) in [5.74, 6) is -2.11. The summed E-state index contributed by atoms with van der Waals surface area (Å²) in [7, 11) is -1.82. The maximum atomic E-state index is 14.5. The van der Waals surface area contributed by atoms with Crippen LogP contribution in [0.3, 0.4) is 0 Å². The summed E-state index contributed by atoms with van der Waals surface area (Å²) in [5, 5.41) is 2.80. The molecule has 9 nitrogen and oxygen atoms in total. The maximum absolute atomic E-state index is 14.5. The molecule has 8 rings (SSSR count). The summed E-state index contributed by atoms with van der Waals surface area (Å²) >= 11 is 0. The van der Waals surface area contributed by atoms with E-state index in [0.29, 0.717) is 43.5 Å². The third kappa shape index (κ3) is 7.22. The second-order valence-electron chi connectivity index (χ2n) is 17.2. The van der Waals surface area contributed by atoms with Crippen LogP contribution in [0.2, 0.25) is 0 Å². The molecule has 4 aliphatic carbocycles.